The van der Waals surface area contributed by atoms with Crippen LogP contribution in [0.4, 0.5) is 4.39 Å². The van der Waals surface area contributed by atoms with Crippen molar-refractivity contribution >= 4 is 16.8 Å². The van der Waals surface area contributed by atoms with Crippen molar-refractivity contribution < 1.29 is 9.18 Å². The lowest BCUT2D eigenvalue weighted by Gasteiger charge is -2.22. The molecule has 2 heterocycles. The van der Waals surface area contributed by atoms with Gasteiger partial charge in [-0.25, -0.2) is 4.39 Å². The number of aryl methyl sites for hydroxylation is 1. The highest BCUT2D eigenvalue weighted by Gasteiger charge is 2.22. The number of nitrogens with zero attached hydrogens (tertiary/aromatic N) is 3. The van der Waals surface area contributed by atoms with E-state index < -0.39 is 0 Å². The van der Waals surface area contributed by atoms with Crippen LogP contribution in [0, 0.1) is 12.7 Å². The van der Waals surface area contributed by atoms with Crippen LogP contribution in [0.3, 0.4) is 0 Å². The first kappa shape index (κ1) is 18.7. The molecule has 1 N–H and O–H groups in total. The number of hydrogen-bond donors (Lipinski definition) is 1. The molecule has 1 amide bonds. The zero-order chi connectivity index (χ0) is 19.7. The zero-order valence-corrected chi connectivity index (χ0v) is 16.5. The molecule has 5 nitrogen and oxygen atoms in total. The molecule has 1 fully saturated rings. The molecule has 1 aromatic carbocycles. The monoisotopic (exact) mass is 382 g/mol. The standard InChI is InChI=1S/C22H27FN4O/c1-3-27-15(2)16(12-24-27)13-26-14-18(21-19(23)10-7-11-20(21)26)22(28)25-17-8-5-4-6-9-17/h7,10-12,14,17H,3-6,8-9,13H2,1-2H3,(H,25,28). The number of fused-ring (bicyclic) bond motifs is 1. The molecule has 148 valence electrons. The van der Waals surface area contributed by atoms with E-state index in [1.165, 1.54) is 12.5 Å². The normalized spacial score (nSPS) is 15.2. The van der Waals surface area contributed by atoms with Gasteiger partial charge in [0, 0.05) is 35.4 Å². The van der Waals surface area contributed by atoms with Gasteiger partial charge in [0.05, 0.1) is 23.8 Å². The average Bonchev–Trinajstić information content (AvgIpc) is 3.25. The first-order valence-electron chi connectivity index (χ1n) is 10.2. The van der Waals surface area contributed by atoms with Crippen molar-refractivity contribution in [1.29, 1.82) is 0 Å². The molecule has 4 rings (SSSR count). The Morgan fingerprint density at radius 1 is 1.29 bits per heavy atom. The molecule has 0 radical (unpaired) electrons. The Bertz CT molecular complexity index is 998. The number of carbonyl (C=O) groups is 1. The lowest BCUT2D eigenvalue weighted by molar-refractivity contribution is 0.0929. The Morgan fingerprint density at radius 2 is 2.07 bits per heavy atom. The fraction of sp³-hybridized carbons (Fsp3) is 0.455. The fourth-order valence-electron chi connectivity index (χ4n) is 4.26. The van der Waals surface area contributed by atoms with Crippen LogP contribution in [0.5, 0.6) is 0 Å². The van der Waals surface area contributed by atoms with Gasteiger partial charge < -0.3 is 9.88 Å². The summed E-state index contributed by atoms with van der Waals surface area (Å²) in [6.45, 7) is 5.46. The summed E-state index contributed by atoms with van der Waals surface area (Å²) >= 11 is 0. The molecule has 0 spiro atoms. The Labute approximate surface area is 164 Å². The van der Waals surface area contributed by atoms with Gasteiger partial charge in [0.1, 0.15) is 5.82 Å². The largest absolute Gasteiger partial charge is 0.349 e. The van der Waals surface area contributed by atoms with E-state index in [9.17, 15) is 9.18 Å². The molecule has 1 aliphatic carbocycles. The van der Waals surface area contributed by atoms with Crippen LogP contribution < -0.4 is 5.32 Å². The number of halogens is 1. The Hall–Kier alpha value is -2.63. The summed E-state index contributed by atoms with van der Waals surface area (Å²) in [5.41, 5.74) is 3.31. The molecule has 1 aliphatic rings. The van der Waals surface area contributed by atoms with Crippen molar-refractivity contribution in [3.63, 3.8) is 0 Å². The second kappa shape index (κ2) is 7.78. The maximum absolute atomic E-state index is 14.7. The number of nitrogens with one attached hydrogen (secondary N) is 1. The molecular formula is C22H27FN4O. The molecule has 0 unspecified atom stereocenters. The summed E-state index contributed by atoms with van der Waals surface area (Å²) < 4.78 is 18.6. The summed E-state index contributed by atoms with van der Waals surface area (Å²) in [5, 5.41) is 7.92. The van der Waals surface area contributed by atoms with E-state index in [-0.39, 0.29) is 17.8 Å². The SMILES string of the molecule is CCn1ncc(Cn2cc(C(=O)NC3CCCCC3)c3c(F)cccc32)c1C. The van der Waals surface area contributed by atoms with E-state index in [4.69, 9.17) is 0 Å². The molecule has 6 heteroatoms. The van der Waals surface area contributed by atoms with Gasteiger partial charge in [0.25, 0.3) is 5.91 Å². The van der Waals surface area contributed by atoms with Crippen molar-refractivity contribution in [2.24, 2.45) is 0 Å². The van der Waals surface area contributed by atoms with Crippen LogP contribution >= 0.6 is 0 Å². The van der Waals surface area contributed by atoms with E-state index in [0.717, 1.165) is 49.0 Å². The third kappa shape index (κ3) is 3.43. The molecule has 0 atom stereocenters. The van der Waals surface area contributed by atoms with Crippen LogP contribution in [0.2, 0.25) is 0 Å². The Morgan fingerprint density at radius 3 is 2.79 bits per heavy atom. The fourth-order valence-corrected chi connectivity index (χ4v) is 4.26. The van der Waals surface area contributed by atoms with Crippen LogP contribution in [0.15, 0.2) is 30.6 Å². The summed E-state index contributed by atoms with van der Waals surface area (Å²) in [5.74, 6) is -0.534. The molecule has 3 aromatic rings. The quantitative estimate of drug-likeness (QED) is 0.710. The Balaban J connectivity index is 1.69. The molecule has 0 saturated heterocycles. The molecular weight excluding hydrogens is 355 g/mol. The number of amides is 1. The van der Waals surface area contributed by atoms with Gasteiger partial charge in [-0.05, 0) is 38.8 Å². The predicted molar refractivity (Wildman–Crippen MR) is 108 cm³/mol. The predicted octanol–water partition coefficient (Wildman–Crippen LogP) is 4.42. The van der Waals surface area contributed by atoms with Crippen molar-refractivity contribution in [3.05, 3.63) is 53.2 Å². The lowest BCUT2D eigenvalue weighted by atomic mass is 9.95. The van der Waals surface area contributed by atoms with Crippen LogP contribution in [0.1, 0.15) is 60.6 Å². The van der Waals surface area contributed by atoms with Gasteiger partial charge in [-0.2, -0.15) is 5.10 Å². The van der Waals surface area contributed by atoms with Crippen molar-refractivity contribution in [2.45, 2.75) is 65.1 Å². The van der Waals surface area contributed by atoms with E-state index in [1.807, 2.05) is 28.4 Å². The highest BCUT2D eigenvalue weighted by Crippen LogP contribution is 2.27. The first-order chi connectivity index (χ1) is 13.6. The van der Waals surface area contributed by atoms with Gasteiger partial charge in [-0.1, -0.05) is 25.3 Å². The number of aromatic nitrogens is 3. The minimum Gasteiger partial charge on any atom is -0.349 e. The van der Waals surface area contributed by atoms with Gasteiger partial charge in [-0.3, -0.25) is 9.48 Å². The zero-order valence-electron chi connectivity index (χ0n) is 16.5. The van der Waals surface area contributed by atoms with Crippen molar-refractivity contribution in [1.82, 2.24) is 19.7 Å². The number of hydrogen-bond acceptors (Lipinski definition) is 2. The summed E-state index contributed by atoms with van der Waals surface area (Å²) in [7, 11) is 0. The average molecular weight is 382 g/mol. The van der Waals surface area contributed by atoms with Gasteiger partial charge in [0.15, 0.2) is 0 Å². The van der Waals surface area contributed by atoms with E-state index >= 15 is 0 Å². The highest BCUT2D eigenvalue weighted by atomic mass is 19.1. The number of rotatable bonds is 5. The molecule has 2 aromatic heterocycles. The minimum atomic E-state index is -0.356. The Kier molecular flexibility index (Phi) is 5.20. The number of benzene rings is 1. The molecule has 28 heavy (non-hydrogen) atoms. The van der Waals surface area contributed by atoms with Crippen molar-refractivity contribution in [3.8, 4) is 0 Å². The molecule has 1 saturated carbocycles. The van der Waals surface area contributed by atoms with Crippen LogP contribution in [0.25, 0.3) is 10.9 Å². The minimum absolute atomic E-state index is 0.179. The lowest BCUT2D eigenvalue weighted by Crippen LogP contribution is -2.36. The number of carbonyl (C=O) groups excluding carboxylic acids is 1. The second-order valence-corrected chi connectivity index (χ2v) is 7.68. The van der Waals surface area contributed by atoms with Crippen LogP contribution in [-0.4, -0.2) is 26.3 Å². The summed E-state index contributed by atoms with van der Waals surface area (Å²) in [6.07, 6.45) is 9.15. The first-order valence-corrected chi connectivity index (χ1v) is 10.2. The van der Waals surface area contributed by atoms with Gasteiger partial charge >= 0.3 is 0 Å². The molecule has 0 bridgehead atoms. The maximum atomic E-state index is 14.7. The highest BCUT2D eigenvalue weighted by molar-refractivity contribution is 6.07. The smallest absolute Gasteiger partial charge is 0.253 e. The van der Waals surface area contributed by atoms with E-state index in [1.54, 1.807) is 12.3 Å². The van der Waals surface area contributed by atoms with Crippen molar-refractivity contribution in [2.75, 3.05) is 0 Å². The summed E-state index contributed by atoms with van der Waals surface area (Å²) in [4.78, 5) is 13.0. The summed E-state index contributed by atoms with van der Waals surface area (Å²) in [6, 6.07) is 5.18. The van der Waals surface area contributed by atoms with E-state index in [2.05, 4.69) is 17.3 Å². The molecule has 0 aliphatic heterocycles. The van der Waals surface area contributed by atoms with Gasteiger partial charge in [-0.15, -0.1) is 0 Å². The maximum Gasteiger partial charge on any atom is 0.253 e. The third-order valence-corrected chi connectivity index (χ3v) is 5.89. The van der Waals surface area contributed by atoms with E-state index in [0.29, 0.717) is 17.5 Å². The second-order valence-electron chi connectivity index (χ2n) is 7.68. The van der Waals surface area contributed by atoms with Crippen LogP contribution in [-0.2, 0) is 13.1 Å². The topological polar surface area (TPSA) is 51.9 Å². The van der Waals surface area contributed by atoms with Gasteiger partial charge in [0.2, 0.25) is 0 Å². The third-order valence-electron chi connectivity index (χ3n) is 5.89.